The molecule has 1 aromatic heterocycles. The zero-order valence-electron chi connectivity index (χ0n) is 24.5. The van der Waals surface area contributed by atoms with Gasteiger partial charge in [-0.3, -0.25) is 25.1 Å². The molecule has 41 heavy (non-hydrogen) atoms. The first kappa shape index (κ1) is 31.7. The lowest BCUT2D eigenvalue weighted by molar-refractivity contribution is -0.106. The molecule has 1 saturated heterocycles. The average molecular weight is 577 g/mol. The lowest BCUT2D eigenvalue weighted by atomic mass is 9.94. The van der Waals surface area contributed by atoms with Crippen LogP contribution >= 0.6 is 11.6 Å². The van der Waals surface area contributed by atoms with Crippen LogP contribution in [0.1, 0.15) is 58.7 Å². The summed E-state index contributed by atoms with van der Waals surface area (Å²) in [6.45, 7) is 15.0. The van der Waals surface area contributed by atoms with Crippen molar-refractivity contribution in [2.45, 2.75) is 67.5 Å². The molecular formula is C32H37ClN4O4. The number of carbonyl (C=O) groups is 1. The number of aryl methyl sites for hydroxylation is 5. The quantitative estimate of drug-likeness (QED) is 0.184. The molecule has 0 atom stereocenters. The van der Waals surface area contributed by atoms with Gasteiger partial charge in [-0.05, 0) is 94.3 Å². The normalized spacial score (nSPS) is 13.0. The molecule has 0 saturated carbocycles. The van der Waals surface area contributed by atoms with E-state index in [1.807, 2.05) is 58.9 Å². The first-order valence-corrected chi connectivity index (χ1v) is 13.9. The number of hydrazine groups is 1. The van der Waals surface area contributed by atoms with Gasteiger partial charge in [0, 0.05) is 42.9 Å². The van der Waals surface area contributed by atoms with Crippen molar-refractivity contribution in [1.29, 1.82) is 0 Å². The standard InChI is InChI=1S/C17H18N2O2.C12H11ClO2.C3H8N2/c1-4-6-13-10-11(2)9-12(3)14(13)15-16(20)18-7-5-8-19(18)17(15)21;1-7-4-8(2)11(9(3)5-7)10(6-14)12(13)15;1-2-4-5-3-1/h9-10,20H,5,7-8H2,1-3H3;4-5H,1-3H3;4-5H,1-3H2. The van der Waals surface area contributed by atoms with E-state index < -0.39 is 5.24 Å². The summed E-state index contributed by atoms with van der Waals surface area (Å²) in [7, 11) is 0. The van der Waals surface area contributed by atoms with Gasteiger partial charge in [-0.15, -0.1) is 5.92 Å². The summed E-state index contributed by atoms with van der Waals surface area (Å²) in [5.74, 6) is 7.61. The topological polar surface area (TPSA) is 105 Å². The van der Waals surface area contributed by atoms with Crippen molar-refractivity contribution < 1.29 is 14.7 Å². The molecule has 2 aromatic carbocycles. The van der Waals surface area contributed by atoms with Crippen LogP contribution in [0.15, 0.2) is 29.1 Å². The van der Waals surface area contributed by atoms with E-state index in [1.54, 1.807) is 22.2 Å². The number of hydrogen-bond acceptors (Lipinski definition) is 6. The van der Waals surface area contributed by atoms with Crippen LogP contribution in [0.5, 0.6) is 5.88 Å². The van der Waals surface area contributed by atoms with Gasteiger partial charge < -0.3 is 5.11 Å². The van der Waals surface area contributed by atoms with Crippen LogP contribution in [0.25, 0.3) is 16.7 Å². The van der Waals surface area contributed by atoms with E-state index in [0.29, 0.717) is 24.2 Å². The van der Waals surface area contributed by atoms with Crippen molar-refractivity contribution in [1.82, 2.24) is 20.2 Å². The predicted octanol–water partition coefficient (Wildman–Crippen LogP) is 4.49. The Morgan fingerprint density at radius 1 is 0.878 bits per heavy atom. The highest BCUT2D eigenvalue weighted by molar-refractivity contribution is 6.75. The molecule has 1 fully saturated rings. The van der Waals surface area contributed by atoms with E-state index in [1.165, 1.54) is 6.42 Å². The summed E-state index contributed by atoms with van der Waals surface area (Å²) in [6, 6.07) is 7.78. The smallest absolute Gasteiger partial charge is 0.278 e. The number of fused-ring (bicyclic) bond motifs is 1. The highest BCUT2D eigenvalue weighted by atomic mass is 35.5. The summed E-state index contributed by atoms with van der Waals surface area (Å²) >= 11 is 5.32. The maximum absolute atomic E-state index is 12.6. The number of rotatable bonds is 3. The van der Waals surface area contributed by atoms with E-state index in [2.05, 4.69) is 22.7 Å². The Morgan fingerprint density at radius 2 is 1.44 bits per heavy atom. The fourth-order valence-electron chi connectivity index (χ4n) is 5.35. The number of benzene rings is 2. The van der Waals surface area contributed by atoms with E-state index in [-0.39, 0.29) is 17.0 Å². The Hall–Kier alpha value is -3.86. The van der Waals surface area contributed by atoms with Crippen LogP contribution in [-0.2, 0) is 22.7 Å². The van der Waals surface area contributed by atoms with Crippen molar-refractivity contribution in [2.75, 3.05) is 13.1 Å². The largest absolute Gasteiger partial charge is 0.493 e. The van der Waals surface area contributed by atoms with Crippen LogP contribution < -0.4 is 16.4 Å². The third-order valence-corrected chi connectivity index (χ3v) is 7.08. The highest BCUT2D eigenvalue weighted by Crippen LogP contribution is 2.34. The van der Waals surface area contributed by atoms with Crippen molar-refractivity contribution >= 4 is 28.4 Å². The van der Waals surface area contributed by atoms with Gasteiger partial charge in [0.2, 0.25) is 5.88 Å². The number of nitrogens with one attached hydrogen (secondary N) is 2. The number of nitrogens with zero attached hydrogens (tertiary/aromatic N) is 2. The van der Waals surface area contributed by atoms with E-state index >= 15 is 0 Å². The predicted molar refractivity (Wildman–Crippen MR) is 164 cm³/mol. The second-order valence-electron chi connectivity index (χ2n) is 10.2. The minimum Gasteiger partial charge on any atom is -0.493 e. The summed E-state index contributed by atoms with van der Waals surface area (Å²) in [6.07, 6.45) is 2.16. The number of aromatic nitrogens is 2. The average Bonchev–Trinajstić information content (AvgIpc) is 3.66. The molecule has 0 radical (unpaired) electrons. The Bertz CT molecular complexity index is 1600. The zero-order chi connectivity index (χ0) is 30.3. The van der Waals surface area contributed by atoms with Crippen LogP contribution in [0.2, 0.25) is 0 Å². The molecule has 0 spiro atoms. The lowest BCUT2D eigenvalue weighted by Gasteiger charge is -2.09. The van der Waals surface area contributed by atoms with Crippen molar-refractivity contribution in [3.8, 4) is 28.8 Å². The second-order valence-corrected chi connectivity index (χ2v) is 10.6. The number of carbonyl (C=O) groups excluding carboxylic acids is 2. The summed E-state index contributed by atoms with van der Waals surface area (Å²) in [5, 5.41) is 9.70. The minimum atomic E-state index is -0.764. The summed E-state index contributed by atoms with van der Waals surface area (Å²) < 4.78 is 3.28. The van der Waals surface area contributed by atoms with Gasteiger partial charge in [-0.25, -0.2) is 9.48 Å². The van der Waals surface area contributed by atoms with Crippen molar-refractivity contribution in [2.24, 2.45) is 0 Å². The molecule has 0 bridgehead atoms. The molecule has 2 aliphatic rings. The van der Waals surface area contributed by atoms with Gasteiger partial charge in [-0.1, -0.05) is 29.7 Å². The Balaban J connectivity index is 0.000000201. The number of halogens is 1. The Kier molecular flexibility index (Phi) is 10.9. The number of aromatic hydroxyl groups is 1. The Labute approximate surface area is 246 Å². The molecule has 0 aliphatic carbocycles. The molecule has 0 amide bonds. The number of allylic oxidation sites excluding steroid dienone is 1. The Morgan fingerprint density at radius 3 is 1.93 bits per heavy atom. The van der Waals surface area contributed by atoms with Crippen LogP contribution in [0.3, 0.4) is 0 Å². The first-order valence-electron chi connectivity index (χ1n) is 13.6. The van der Waals surface area contributed by atoms with Gasteiger partial charge >= 0.3 is 0 Å². The molecule has 3 N–H and O–H groups in total. The third kappa shape index (κ3) is 7.27. The number of hydrogen-bond donors (Lipinski definition) is 3. The van der Waals surface area contributed by atoms with Gasteiger partial charge in [0.25, 0.3) is 10.8 Å². The second kappa shape index (κ2) is 14.2. The van der Waals surface area contributed by atoms with Crippen molar-refractivity contribution in [3.63, 3.8) is 0 Å². The fraction of sp³-hybridized carbons (Fsp3) is 0.375. The maximum Gasteiger partial charge on any atom is 0.278 e. The van der Waals surface area contributed by atoms with Crippen LogP contribution in [-0.4, -0.2) is 38.7 Å². The summed E-state index contributed by atoms with van der Waals surface area (Å²) in [4.78, 5) is 34.3. The molecule has 8 nitrogen and oxygen atoms in total. The van der Waals surface area contributed by atoms with Crippen LogP contribution in [0, 0.1) is 46.5 Å². The molecule has 9 heteroatoms. The van der Waals surface area contributed by atoms with Gasteiger partial charge in [-0.2, -0.15) is 0 Å². The third-order valence-electron chi connectivity index (χ3n) is 6.89. The molecule has 216 valence electrons. The maximum atomic E-state index is 12.6. The first-order chi connectivity index (χ1) is 19.5. The monoisotopic (exact) mass is 576 g/mol. The molecular weight excluding hydrogens is 540 g/mol. The van der Waals surface area contributed by atoms with Crippen molar-refractivity contribution in [3.05, 3.63) is 73.6 Å². The lowest BCUT2D eigenvalue weighted by Crippen LogP contribution is -2.21. The minimum absolute atomic E-state index is 0.0589. The van der Waals surface area contributed by atoms with E-state index in [9.17, 15) is 19.5 Å². The molecule has 2 aliphatic heterocycles. The van der Waals surface area contributed by atoms with E-state index in [4.69, 9.17) is 11.6 Å². The summed E-state index contributed by atoms with van der Waals surface area (Å²) in [5.41, 5.74) is 13.1. The fourth-order valence-corrected chi connectivity index (χ4v) is 5.49. The molecule has 0 unspecified atom stereocenters. The molecule has 3 aromatic rings. The SMILES string of the molecule is C1CNNC1.CC#Cc1cc(C)cc(C)c1-c1c(O)n2n(c1=O)CCC2.Cc1cc(C)c(C(=C=O)C(=O)Cl)c(C)c1. The van der Waals surface area contributed by atoms with Gasteiger partial charge in [0.15, 0.2) is 0 Å². The molecule has 5 rings (SSSR count). The molecule has 3 heterocycles. The van der Waals surface area contributed by atoms with Crippen LogP contribution in [0.4, 0.5) is 0 Å². The van der Waals surface area contributed by atoms with Gasteiger partial charge in [0.05, 0.1) is 0 Å². The zero-order valence-corrected chi connectivity index (χ0v) is 25.3. The van der Waals surface area contributed by atoms with E-state index in [0.717, 1.165) is 58.5 Å². The highest BCUT2D eigenvalue weighted by Gasteiger charge is 2.26. The van der Waals surface area contributed by atoms with Gasteiger partial charge in [0.1, 0.15) is 17.1 Å².